The number of nitrogens with two attached hydrogens (primary N) is 1. The average Bonchev–Trinajstić information content (AvgIpc) is 2.03. The van der Waals surface area contributed by atoms with Crippen LogP contribution in [-0.2, 0) is 4.74 Å². The molecule has 0 heterocycles. The van der Waals surface area contributed by atoms with E-state index in [4.69, 9.17) is 10.5 Å². The molecule has 1 fully saturated rings. The van der Waals surface area contributed by atoms with Gasteiger partial charge in [0.25, 0.3) is 0 Å². The van der Waals surface area contributed by atoms with Gasteiger partial charge in [0, 0.05) is 13.2 Å². The summed E-state index contributed by atoms with van der Waals surface area (Å²) in [5.74, 6) is 0. The minimum Gasteiger partial charge on any atom is -0.377 e. The molecule has 0 aromatic rings. The lowest BCUT2D eigenvalue weighted by Gasteiger charge is -2.45. The Balaban J connectivity index is 2.45. The zero-order valence-electron chi connectivity index (χ0n) is 8.81. The van der Waals surface area contributed by atoms with E-state index in [1.807, 2.05) is 0 Å². The summed E-state index contributed by atoms with van der Waals surface area (Å²) >= 11 is 0. The number of methoxy groups -OCH3 is 1. The molecule has 0 aliphatic heterocycles. The van der Waals surface area contributed by atoms with Crippen molar-refractivity contribution in [1.29, 1.82) is 0 Å². The summed E-state index contributed by atoms with van der Waals surface area (Å²) in [5, 5.41) is 0. The Morgan fingerprint density at radius 2 is 2.23 bits per heavy atom. The van der Waals surface area contributed by atoms with E-state index in [0.717, 1.165) is 25.7 Å². The molecular formula is C11H21NO. The molecular weight excluding hydrogens is 162 g/mol. The molecule has 1 rings (SSSR count). The molecule has 76 valence electrons. The molecule has 2 N–H and O–H groups in total. The standard InChI is InChI=1S/C11H21NO/c1-4-9(2)8-10(12)11(13-3)6-5-7-11/h10H,2,4-8,12H2,1,3H3. The Morgan fingerprint density at radius 1 is 1.62 bits per heavy atom. The van der Waals surface area contributed by atoms with E-state index in [2.05, 4.69) is 13.5 Å². The fraction of sp³-hybridized carbons (Fsp3) is 0.818. The predicted octanol–water partition coefficient (Wildman–Crippen LogP) is 2.24. The second-order valence-corrected chi connectivity index (χ2v) is 4.04. The monoisotopic (exact) mass is 183 g/mol. The predicted molar refractivity (Wildman–Crippen MR) is 55.6 cm³/mol. The summed E-state index contributed by atoms with van der Waals surface area (Å²) < 4.78 is 5.51. The highest BCUT2D eigenvalue weighted by atomic mass is 16.5. The smallest absolute Gasteiger partial charge is 0.0832 e. The van der Waals surface area contributed by atoms with Crippen LogP contribution in [-0.4, -0.2) is 18.8 Å². The van der Waals surface area contributed by atoms with Crippen LogP contribution in [0.25, 0.3) is 0 Å². The first-order valence-electron chi connectivity index (χ1n) is 5.12. The SMILES string of the molecule is C=C(CC)CC(N)C1(OC)CCC1. The molecule has 0 spiro atoms. The summed E-state index contributed by atoms with van der Waals surface area (Å²) in [6.45, 7) is 6.10. The molecule has 1 aliphatic rings. The zero-order chi connectivity index (χ0) is 9.90. The number of ether oxygens (including phenoxy) is 1. The molecule has 0 saturated heterocycles. The van der Waals surface area contributed by atoms with Crippen molar-refractivity contribution in [2.24, 2.45) is 5.73 Å². The fourth-order valence-corrected chi connectivity index (χ4v) is 1.89. The third-order valence-electron chi connectivity index (χ3n) is 3.29. The first kappa shape index (κ1) is 10.7. The Bertz CT molecular complexity index is 179. The Kier molecular flexibility index (Phi) is 3.51. The molecule has 0 aromatic heterocycles. The largest absolute Gasteiger partial charge is 0.377 e. The molecule has 0 aromatic carbocycles. The lowest BCUT2D eigenvalue weighted by molar-refractivity contribution is -0.0897. The average molecular weight is 183 g/mol. The summed E-state index contributed by atoms with van der Waals surface area (Å²) in [5.41, 5.74) is 7.32. The molecule has 0 radical (unpaired) electrons. The van der Waals surface area contributed by atoms with Gasteiger partial charge in [0.05, 0.1) is 5.60 Å². The maximum atomic E-state index is 6.12. The highest BCUT2D eigenvalue weighted by molar-refractivity contribution is 5.05. The molecule has 2 nitrogen and oxygen atoms in total. The van der Waals surface area contributed by atoms with Crippen molar-refractivity contribution >= 4 is 0 Å². The van der Waals surface area contributed by atoms with Crippen molar-refractivity contribution in [3.8, 4) is 0 Å². The number of hydrogen-bond donors (Lipinski definition) is 1. The van der Waals surface area contributed by atoms with Crippen LogP contribution in [0.5, 0.6) is 0 Å². The van der Waals surface area contributed by atoms with Crippen LogP contribution in [0.3, 0.4) is 0 Å². The van der Waals surface area contributed by atoms with Crippen LogP contribution in [0, 0.1) is 0 Å². The van der Waals surface area contributed by atoms with Crippen LogP contribution in [0.4, 0.5) is 0 Å². The third-order valence-corrected chi connectivity index (χ3v) is 3.29. The van der Waals surface area contributed by atoms with Crippen LogP contribution in [0.2, 0.25) is 0 Å². The summed E-state index contributed by atoms with van der Waals surface area (Å²) in [4.78, 5) is 0. The van der Waals surface area contributed by atoms with Gasteiger partial charge in [0.2, 0.25) is 0 Å². The van der Waals surface area contributed by atoms with E-state index in [1.165, 1.54) is 12.0 Å². The van der Waals surface area contributed by atoms with Gasteiger partial charge in [0.1, 0.15) is 0 Å². The van der Waals surface area contributed by atoms with Crippen molar-refractivity contribution in [3.63, 3.8) is 0 Å². The second-order valence-electron chi connectivity index (χ2n) is 4.04. The molecule has 1 aliphatic carbocycles. The van der Waals surface area contributed by atoms with Crippen LogP contribution in [0.1, 0.15) is 39.0 Å². The summed E-state index contributed by atoms with van der Waals surface area (Å²) in [6, 6.07) is 0.138. The van der Waals surface area contributed by atoms with E-state index in [-0.39, 0.29) is 11.6 Å². The molecule has 1 atom stereocenters. The van der Waals surface area contributed by atoms with Gasteiger partial charge < -0.3 is 10.5 Å². The highest BCUT2D eigenvalue weighted by Crippen LogP contribution is 2.39. The van der Waals surface area contributed by atoms with Gasteiger partial charge in [-0.3, -0.25) is 0 Å². The first-order valence-corrected chi connectivity index (χ1v) is 5.12. The molecule has 0 bridgehead atoms. The molecule has 2 heteroatoms. The molecule has 13 heavy (non-hydrogen) atoms. The molecule has 0 amide bonds. The van der Waals surface area contributed by atoms with Crippen molar-refractivity contribution in [2.45, 2.75) is 50.7 Å². The lowest BCUT2D eigenvalue weighted by Crippen LogP contribution is -2.54. The van der Waals surface area contributed by atoms with Gasteiger partial charge in [0.15, 0.2) is 0 Å². The summed E-state index contributed by atoms with van der Waals surface area (Å²) in [7, 11) is 1.77. The second kappa shape index (κ2) is 4.25. The Labute approximate surface area is 81.1 Å². The maximum Gasteiger partial charge on any atom is 0.0832 e. The van der Waals surface area contributed by atoms with Gasteiger partial charge in [-0.1, -0.05) is 19.1 Å². The Hall–Kier alpha value is -0.340. The van der Waals surface area contributed by atoms with Crippen molar-refractivity contribution in [1.82, 2.24) is 0 Å². The number of hydrogen-bond acceptors (Lipinski definition) is 2. The topological polar surface area (TPSA) is 35.2 Å². The molecule has 1 saturated carbocycles. The van der Waals surface area contributed by atoms with E-state index in [0.29, 0.717) is 0 Å². The first-order chi connectivity index (χ1) is 6.14. The maximum absolute atomic E-state index is 6.12. The van der Waals surface area contributed by atoms with Gasteiger partial charge in [-0.05, 0) is 32.1 Å². The quantitative estimate of drug-likeness (QED) is 0.663. The van der Waals surface area contributed by atoms with Gasteiger partial charge >= 0.3 is 0 Å². The number of rotatable bonds is 5. The fourth-order valence-electron chi connectivity index (χ4n) is 1.89. The molecule has 1 unspecified atom stereocenters. The van der Waals surface area contributed by atoms with Crippen molar-refractivity contribution in [2.75, 3.05) is 7.11 Å². The van der Waals surface area contributed by atoms with Gasteiger partial charge in [-0.2, -0.15) is 0 Å². The van der Waals surface area contributed by atoms with Gasteiger partial charge in [-0.25, -0.2) is 0 Å². The van der Waals surface area contributed by atoms with Crippen LogP contribution in [0.15, 0.2) is 12.2 Å². The van der Waals surface area contributed by atoms with Crippen molar-refractivity contribution in [3.05, 3.63) is 12.2 Å². The van der Waals surface area contributed by atoms with E-state index < -0.39 is 0 Å². The Morgan fingerprint density at radius 3 is 2.54 bits per heavy atom. The normalized spacial score (nSPS) is 22.1. The van der Waals surface area contributed by atoms with Crippen LogP contribution >= 0.6 is 0 Å². The van der Waals surface area contributed by atoms with Gasteiger partial charge in [-0.15, -0.1) is 0 Å². The minimum atomic E-state index is -0.0297. The van der Waals surface area contributed by atoms with Crippen molar-refractivity contribution < 1.29 is 4.74 Å². The summed E-state index contributed by atoms with van der Waals surface area (Å²) in [6.07, 6.45) is 5.40. The van der Waals surface area contributed by atoms with E-state index in [9.17, 15) is 0 Å². The van der Waals surface area contributed by atoms with E-state index in [1.54, 1.807) is 7.11 Å². The zero-order valence-corrected chi connectivity index (χ0v) is 8.81. The van der Waals surface area contributed by atoms with Crippen LogP contribution < -0.4 is 5.73 Å². The highest BCUT2D eigenvalue weighted by Gasteiger charge is 2.42. The van der Waals surface area contributed by atoms with E-state index >= 15 is 0 Å². The lowest BCUT2D eigenvalue weighted by atomic mass is 9.73. The third kappa shape index (κ3) is 2.12. The minimum absolute atomic E-state index is 0.0297.